The first kappa shape index (κ1) is 22.8. The zero-order valence-electron chi connectivity index (χ0n) is 16.8. The van der Waals surface area contributed by atoms with Gasteiger partial charge in [0.15, 0.2) is 0 Å². The second-order valence-corrected chi connectivity index (χ2v) is 8.95. The lowest BCUT2D eigenvalue weighted by Gasteiger charge is -2.34. The van der Waals surface area contributed by atoms with Gasteiger partial charge >= 0.3 is 0 Å². The summed E-state index contributed by atoms with van der Waals surface area (Å²) in [5.41, 5.74) is -0.0947. The molecule has 0 unspecified atom stereocenters. The van der Waals surface area contributed by atoms with Gasteiger partial charge in [0.05, 0.1) is 29.7 Å². The van der Waals surface area contributed by atoms with E-state index in [1.54, 1.807) is 6.07 Å². The number of hydrogen-bond donors (Lipinski definition) is 0. The fourth-order valence-corrected chi connectivity index (χ4v) is 5.07. The molecule has 1 fully saturated rings. The molecule has 1 aliphatic heterocycles. The van der Waals surface area contributed by atoms with Crippen LogP contribution in [0.25, 0.3) is 0 Å². The van der Waals surface area contributed by atoms with Crippen LogP contribution in [0.4, 0.5) is 5.69 Å². The Morgan fingerprint density at radius 2 is 1.74 bits per heavy atom. The minimum Gasteiger partial charge on any atom is -0.497 e. The van der Waals surface area contributed by atoms with Crippen molar-refractivity contribution in [2.24, 2.45) is 0 Å². The number of hydrogen-bond acceptors (Lipinski definition) is 7. The molecule has 31 heavy (non-hydrogen) atoms. The Balaban J connectivity index is 1.76. The largest absolute Gasteiger partial charge is 0.497 e. The number of non-ortho nitro benzene ring substituents is 1. The second kappa shape index (κ2) is 9.08. The lowest BCUT2D eigenvalue weighted by atomic mass is 10.1. The van der Waals surface area contributed by atoms with Crippen molar-refractivity contribution in [3.8, 4) is 11.5 Å². The van der Waals surface area contributed by atoms with E-state index in [1.807, 2.05) is 0 Å². The first-order valence-electron chi connectivity index (χ1n) is 9.14. The van der Waals surface area contributed by atoms with E-state index in [2.05, 4.69) is 0 Å². The number of carbonyl (C=O) groups is 1. The van der Waals surface area contributed by atoms with Crippen LogP contribution in [0.2, 0.25) is 5.02 Å². The van der Waals surface area contributed by atoms with Crippen molar-refractivity contribution in [2.45, 2.75) is 4.90 Å². The van der Waals surface area contributed by atoms with Gasteiger partial charge in [0.1, 0.15) is 16.4 Å². The number of nitro benzene ring substituents is 1. The van der Waals surface area contributed by atoms with Gasteiger partial charge in [-0.2, -0.15) is 4.31 Å². The molecule has 0 aliphatic carbocycles. The summed E-state index contributed by atoms with van der Waals surface area (Å²) in [4.78, 5) is 24.5. The van der Waals surface area contributed by atoms with E-state index in [0.717, 1.165) is 6.07 Å². The highest BCUT2D eigenvalue weighted by molar-refractivity contribution is 7.89. The topological polar surface area (TPSA) is 119 Å². The van der Waals surface area contributed by atoms with Crippen molar-refractivity contribution in [3.05, 3.63) is 57.1 Å². The van der Waals surface area contributed by atoms with Crippen molar-refractivity contribution >= 4 is 33.2 Å². The number of piperazine rings is 1. The maximum absolute atomic E-state index is 13.1. The van der Waals surface area contributed by atoms with Gasteiger partial charge in [0.25, 0.3) is 11.6 Å². The highest BCUT2D eigenvalue weighted by Crippen LogP contribution is 2.31. The fourth-order valence-electron chi connectivity index (χ4n) is 3.22. The molecule has 2 aromatic rings. The van der Waals surface area contributed by atoms with Gasteiger partial charge in [0.2, 0.25) is 10.0 Å². The number of halogens is 1. The minimum atomic E-state index is -3.89. The van der Waals surface area contributed by atoms with E-state index in [0.29, 0.717) is 5.75 Å². The molecule has 0 aromatic heterocycles. The number of methoxy groups -OCH3 is 2. The van der Waals surface area contributed by atoms with E-state index in [9.17, 15) is 23.3 Å². The molecule has 10 nitrogen and oxygen atoms in total. The molecule has 166 valence electrons. The van der Waals surface area contributed by atoms with Crippen LogP contribution in [-0.2, 0) is 10.0 Å². The molecule has 0 saturated carbocycles. The van der Waals surface area contributed by atoms with E-state index in [-0.39, 0.29) is 53.1 Å². The smallest absolute Gasteiger partial charge is 0.270 e. The Kier molecular flexibility index (Phi) is 6.68. The van der Waals surface area contributed by atoms with Crippen molar-refractivity contribution in [2.75, 3.05) is 40.4 Å². The number of rotatable bonds is 6. The maximum atomic E-state index is 13.1. The number of ether oxygens (including phenoxy) is 2. The zero-order chi connectivity index (χ0) is 22.8. The Hall–Kier alpha value is -2.89. The molecule has 1 heterocycles. The Morgan fingerprint density at radius 1 is 1.06 bits per heavy atom. The van der Waals surface area contributed by atoms with Gasteiger partial charge in [-0.3, -0.25) is 14.9 Å². The summed E-state index contributed by atoms with van der Waals surface area (Å²) in [6.45, 7) is 0.410. The number of nitrogens with zero attached hydrogens (tertiary/aromatic N) is 3. The zero-order valence-corrected chi connectivity index (χ0v) is 18.4. The summed E-state index contributed by atoms with van der Waals surface area (Å²) in [6.07, 6.45) is 0. The molecule has 1 aliphatic rings. The molecule has 2 aromatic carbocycles. The molecule has 0 bridgehead atoms. The predicted octanol–water partition coefficient (Wildman–Crippen LogP) is 2.41. The van der Waals surface area contributed by atoms with Crippen LogP contribution in [0.5, 0.6) is 11.5 Å². The van der Waals surface area contributed by atoms with Crippen LogP contribution in [-0.4, -0.2) is 68.9 Å². The quantitative estimate of drug-likeness (QED) is 0.470. The molecule has 0 radical (unpaired) electrons. The number of amides is 1. The van der Waals surface area contributed by atoms with Crippen molar-refractivity contribution in [1.29, 1.82) is 0 Å². The van der Waals surface area contributed by atoms with Gasteiger partial charge < -0.3 is 14.4 Å². The summed E-state index contributed by atoms with van der Waals surface area (Å²) in [6, 6.07) is 8.12. The minimum absolute atomic E-state index is 0.0208. The van der Waals surface area contributed by atoms with Crippen molar-refractivity contribution < 1.29 is 27.6 Å². The molecule has 1 amide bonds. The van der Waals surface area contributed by atoms with E-state index in [1.165, 1.54) is 47.7 Å². The SMILES string of the molecule is COc1ccc(OC)c(S(=O)(=O)N2CCN(C(=O)c3ccc([N+](=O)[O-])cc3Cl)CC2)c1. The van der Waals surface area contributed by atoms with Crippen LogP contribution in [0.15, 0.2) is 41.3 Å². The maximum Gasteiger partial charge on any atom is 0.270 e. The molecule has 12 heteroatoms. The number of sulfonamides is 1. The van der Waals surface area contributed by atoms with Gasteiger partial charge in [-0.25, -0.2) is 8.42 Å². The average Bonchev–Trinajstić information content (AvgIpc) is 2.78. The first-order chi connectivity index (χ1) is 14.7. The second-order valence-electron chi connectivity index (χ2n) is 6.63. The molecular weight excluding hydrogens is 450 g/mol. The predicted molar refractivity (Wildman–Crippen MR) is 112 cm³/mol. The van der Waals surface area contributed by atoms with Crippen molar-refractivity contribution in [3.63, 3.8) is 0 Å². The normalized spacial score (nSPS) is 14.9. The molecule has 1 saturated heterocycles. The van der Waals surface area contributed by atoms with Crippen LogP contribution >= 0.6 is 11.6 Å². The van der Waals surface area contributed by atoms with Gasteiger partial charge in [0, 0.05) is 44.4 Å². The van der Waals surface area contributed by atoms with E-state index < -0.39 is 20.9 Å². The highest BCUT2D eigenvalue weighted by Gasteiger charge is 2.33. The van der Waals surface area contributed by atoms with Gasteiger partial charge in [-0.1, -0.05) is 11.6 Å². The third kappa shape index (κ3) is 4.58. The van der Waals surface area contributed by atoms with Crippen LogP contribution in [0.3, 0.4) is 0 Å². The third-order valence-electron chi connectivity index (χ3n) is 4.91. The van der Waals surface area contributed by atoms with Crippen LogP contribution in [0, 0.1) is 10.1 Å². The third-order valence-corrected chi connectivity index (χ3v) is 7.14. The molecule has 0 atom stereocenters. The number of nitro groups is 1. The van der Waals surface area contributed by atoms with Crippen LogP contribution < -0.4 is 9.47 Å². The molecular formula is C19H20ClN3O7S. The monoisotopic (exact) mass is 469 g/mol. The summed E-state index contributed by atoms with van der Waals surface area (Å²) < 4.78 is 37.9. The number of carbonyl (C=O) groups excluding carboxylic acids is 1. The Bertz CT molecular complexity index is 1120. The molecule has 0 spiro atoms. The van der Waals surface area contributed by atoms with Crippen molar-refractivity contribution in [1.82, 2.24) is 9.21 Å². The lowest BCUT2D eigenvalue weighted by molar-refractivity contribution is -0.384. The standard InChI is InChI=1S/C19H20ClN3O7S/c1-29-14-4-6-17(30-2)18(12-14)31(27,28)22-9-7-21(8-10-22)19(24)15-5-3-13(23(25)26)11-16(15)20/h3-6,11-12H,7-10H2,1-2H3. The number of benzene rings is 2. The van der Waals surface area contributed by atoms with Gasteiger partial charge in [-0.15, -0.1) is 0 Å². The average molecular weight is 470 g/mol. The summed E-state index contributed by atoms with van der Waals surface area (Å²) in [5, 5.41) is 10.8. The summed E-state index contributed by atoms with van der Waals surface area (Å²) >= 11 is 6.05. The Morgan fingerprint density at radius 3 is 2.29 bits per heavy atom. The highest BCUT2D eigenvalue weighted by atomic mass is 35.5. The first-order valence-corrected chi connectivity index (χ1v) is 11.0. The summed E-state index contributed by atoms with van der Waals surface area (Å²) in [7, 11) is -1.07. The lowest BCUT2D eigenvalue weighted by Crippen LogP contribution is -2.50. The van der Waals surface area contributed by atoms with Crippen LogP contribution in [0.1, 0.15) is 10.4 Å². The molecule has 3 rings (SSSR count). The molecule has 0 N–H and O–H groups in total. The summed E-state index contributed by atoms with van der Waals surface area (Å²) in [5.74, 6) is 0.147. The Labute approximate surface area is 184 Å². The fraction of sp³-hybridized carbons (Fsp3) is 0.316. The van der Waals surface area contributed by atoms with Gasteiger partial charge in [-0.05, 0) is 18.2 Å². The van der Waals surface area contributed by atoms with E-state index in [4.69, 9.17) is 21.1 Å². The van der Waals surface area contributed by atoms with E-state index >= 15 is 0 Å².